The first-order chi connectivity index (χ1) is 7.15. The van der Waals surface area contributed by atoms with Crippen molar-refractivity contribution in [3.8, 4) is 0 Å². The van der Waals surface area contributed by atoms with E-state index < -0.39 is 0 Å². The molecule has 84 valence electrons. The summed E-state index contributed by atoms with van der Waals surface area (Å²) in [6.07, 6.45) is 3.93. The fourth-order valence-corrected chi connectivity index (χ4v) is 3.05. The molecule has 2 rings (SSSR count). The molecular formula is C11H19N3S. The zero-order chi connectivity index (χ0) is 10.8. The highest BCUT2D eigenvalue weighted by molar-refractivity contribution is 7.15. The highest BCUT2D eigenvalue weighted by Crippen LogP contribution is 2.31. The van der Waals surface area contributed by atoms with Gasteiger partial charge in [-0.3, -0.25) is 0 Å². The van der Waals surface area contributed by atoms with Crippen LogP contribution >= 0.6 is 11.3 Å². The van der Waals surface area contributed by atoms with Crippen LogP contribution in [0.3, 0.4) is 0 Å². The van der Waals surface area contributed by atoms with Gasteiger partial charge in [0.25, 0.3) is 0 Å². The van der Waals surface area contributed by atoms with Crippen molar-refractivity contribution in [2.45, 2.75) is 46.1 Å². The second kappa shape index (κ2) is 4.47. The van der Waals surface area contributed by atoms with Crippen molar-refractivity contribution in [2.24, 2.45) is 11.8 Å². The van der Waals surface area contributed by atoms with Crippen molar-refractivity contribution in [1.29, 1.82) is 0 Å². The van der Waals surface area contributed by atoms with Crippen molar-refractivity contribution in [2.75, 3.05) is 5.32 Å². The number of hydrogen-bond donors (Lipinski definition) is 1. The molecule has 15 heavy (non-hydrogen) atoms. The Bertz CT molecular complexity index is 323. The standard InChI is InChI=1S/C11H19N3S/c1-7-4-5-10(8(2)6-7)12-11-14-13-9(3)15-11/h7-8,10H,4-6H2,1-3H3,(H,12,14). The Hall–Kier alpha value is -0.640. The SMILES string of the molecule is Cc1nnc(NC2CCC(C)CC2C)s1. The molecule has 0 bridgehead atoms. The van der Waals surface area contributed by atoms with E-state index in [1.165, 1.54) is 19.3 Å². The van der Waals surface area contributed by atoms with Gasteiger partial charge in [-0.1, -0.05) is 25.2 Å². The van der Waals surface area contributed by atoms with E-state index in [1.54, 1.807) is 11.3 Å². The molecule has 0 aliphatic heterocycles. The maximum Gasteiger partial charge on any atom is 0.205 e. The summed E-state index contributed by atoms with van der Waals surface area (Å²) in [7, 11) is 0. The van der Waals surface area contributed by atoms with Gasteiger partial charge in [-0.2, -0.15) is 0 Å². The molecule has 1 saturated carbocycles. The molecule has 1 aromatic rings. The Labute approximate surface area is 95.3 Å². The maximum atomic E-state index is 4.12. The molecule has 1 fully saturated rings. The van der Waals surface area contributed by atoms with E-state index in [9.17, 15) is 0 Å². The third-order valence-electron chi connectivity index (χ3n) is 3.27. The van der Waals surface area contributed by atoms with Gasteiger partial charge in [-0.15, -0.1) is 10.2 Å². The van der Waals surface area contributed by atoms with Crippen LogP contribution in [-0.4, -0.2) is 16.2 Å². The zero-order valence-electron chi connectivity index (χ0n) is 9.66. The van der Waals surface area contributed by atoms with E-state index in [-0.39, 0.29) is 0 Å². The molecule has 0 saturated heterocycles. The molecule has 3 unspecified atom stereocenters. The molecule has 3 nitrogen and oxygen atoms in total. The highest BCUT2D eigenvalue weighted by atomic mass is 32.1. The smallest absolute Gasteiger partial charge is 0.205 e. The van der Waals surface area contributed by atoms with Crippen LogP contribution in [0.15, 0.2) is 0 Å². The van der Waals surface area contributed by atoms with Gasteiger partial charge >= 0.3 is 0 Å². The van der Waals surface area contributed by atoms with Crippen molar-refractivity contribution < 1.29 is 0 Å². The van der Waals surface area contributed by atoms with E-state index >= 15 is 0 Å². The van der Waals surface area contributed by atoms with Crippen molar-refractivity contribution in [1.82, 2.24) is 10.2 Å². The topological polar surface area (TPSA) is 37.8 Å². The number of anilines is 1. The van der Waals surface area contributed by atoms with Crippen molar-refractivity contribution >= 4 is 16.5 Å². The van der Waals surface area contributed by atoms with Crippen LogP contribution in [0.25, 0.3) is 0 Å². The minimum atomic E-state index is 0.591. The average Bonchev–Trinajstić information content (AvgIpc) is 2.56. The van der Waals surface area contributed by atoms with Gasteiger partial charge in [0.1, 0.15) is 5.01 Å². The Kier molecular flexibility index (Phi) is 3.24. The quantitative estimate of drug-likeness (QED) is 0.840. The minimum Gasteiger partial charge on any atom is -0.357 e. The molecule has 0 aromatic carbocycles. The monoisotopic (exact) mass is 225 g/mol. The van der Waals surface area contributed by atoms with E-state index in [0.29, 0.717) is 6.04 Å². The van der Waals surface area contributed by atoms with Crippen LogP contribution in [0.2, 0.25) is 0 Å². The van der Waals surface area contributed by atoms with Gasteiger partial charge in [-0.25, -0.2) is 0 Å². The molecular weight excluding hydrogens is 206 g/mol. The summed E-state index contributed by atoms with van der Waals surface area (Å²) in [6, 6.07) is 0.591. The summed E-state index contributed by atoms with van der Waals surface area (Å²) in [5.41, 5.74) is 0. The number of aromatic nitrogens is 2. The first-order valence-electron chi connectivity index (χ1n) is 5.72. The lowest BCUT2D eigenvalue weighted by atomic mass is 9.80. The third kappa shape index (κ3) is 2.68. The lowest BCUT2D eigenvalue weighted by Crippen LogP contribution is -2.32. The fraction of sp³-hybridized carbons (Fsp3) is 0.818. The lowest BCUT2D eigenvalue weighted by molar-refractivity contribution is 0.276. The molecule has 0 radical (unpaired) electrons. The third-order valence-corrected chi connectivity index (χ3v) is 4.04. The van der Waals surface area contributed by atoms with Gasteiger partial charge in [-0.05, 0) is 38.0 Å². The number of rotatable bonds is 2. The second-order valence-corrected chi connectivity index (χ2v) is 5.95. The lowest BCUT2D eigenvalue weighted by Gasteiger charge is -2.32. The number of hydrogen-bond acceptors (Lipinski definition) is 4. The van der Waals surface area contributed by atoms with Crippen LogP contribution in [-0.2, 0) is 0 Å². The largest absolute Gasteiger partial charge is 0.357 e. The van der Waals surface area contributed by atoms with Gasteiger partial charge in [0.2, 0.25) is 5.13 Å². The molecule has 3 atom stereocenters. The summed E-state index contributed by atoms with van der Waals surface area (Å²) in [4.78, 5) is 0. The fourth-order valence-electron chi connectivity index (χ4n) is 2.39. The first kappa shape index (κ1) is 10.9. The number of aryl methyl sites for hydroxylation is 1. The van der Waals surface area contributed by atoms with Gasteiger partial charge in [0.15, 0.2) is 0 Å². The Morgan fingerprint density at radius 1 is 1.27 bits per heavy atom. The summed E-state index contributed by atoms with van der Waals surface area (Å²) in [5, 5.41) is 13.7. The average molecular weight is 225 g/mol. The zero-order valence-corrected chi connectivity index (χ0v) is 10.5. The molecule has 4 heteroatoms. The van der Waals surface area contributed by atoms with Gasteiger partial charge in [0.05, 0.1) is 0 Å². The molecule has 1 heterocycles. The van der Waals surface area contributed by atoms with Crippen LogP contribution in [0.4, 0.5) is 5.13 Å². The summed E-state index contributed by atoms with van der Waals surface area (Å²) in [6.45, 7) is 6.68. The van der Waals surface area contributed by atoms with Crippen molar-refractivity contribution in [3.05, 3.63) is 5.01 Å². The predicted molar refractivity (Wildman–Crippen MR) is 64.2 cm³/mol. The number of nitrogens with one attached hydrogen (secondary N) is 1. The van der Waals surface area contributed by atoms with Crippen LogP contribution in [0, 0.1) is 18.8 Å². The summed E-state index contributed by atoms with van der Waals surface area (Å²) in [5.74, 6) is 1.63. The van der Waals surface area contributed by atoms with Gasteiger partial charge < -0.3 is 5.32 Å². The Balaban J connectivity index is 1.94. The van der Waals surface area contributed by atoms with Crippen molar-refractivity contribution in [3.63, 3.8) is 0 Å². The van der Waals surface area contributed by atoms with E-state index in [0.717, 1.165) is 22.0 Å². The number of nitrogens with zero attached hydrogens (tertiary/aromatic N) is 2. The van der Waals surface area contributed by atoms with Crippen LogP contribution < -0.4 is 5.32 Å². The summed E-state index contributed by atoms with van der Waals surface area (Å²) >= 11 is 1.65. The Morgan fingerprint density at radius 2 is 2.07 bits per heavy atom. The molecule has 1 aromatic heterocycles. The highest BCUT2D eigenvalue weighted by Gasteiger charge is 2.25. The van der Waals surface area contributed by atoms with Crippen LogP contribution in [0.5, 0.6) is 0 Å². The minimum absolute atomic E-state index is 0.591. The molecule has 0 spiro atoms. The first-order valence-corrected chi connectivity index (χ1v) is 6.53. The van der Waals surface area contributed by atoms with E-state index in [2.05, 4.69) is 29.4 Å². The van der Waals surface area contributed by atoms with E-state index in [4.69, 9.17) is 0 Å². The van der Waals surface area contributed by atoms with E-state index in [1.807, 2.05) is 6.92 Å². The summed E-state index contributed by atoms with van der Waals surface area (Å²) < 4.78 is 0. The molecule has 1 aliphatic carbocycles. The predicted octanol–water partition coefficient (Wildman–Crippen LogP) is 3.08. The Morgan fingerprint density at radius 3 is 2.67 bits per heavy atom. The maximum absolute atomic E-state index is 4.12. The van der Waals surface area contributed by atoms with Gasteiger partial charge in [0, 0.05) is 6.04 Å². The molecule has 1 aliphatic rings. The normalized spacial score (nSPS) is 31.5. The molecule has 0 amide bonds. The molecule has 1 N–H and O–H groups in total. The van der Waals surface area contributed by atoms with Crippen LogP contribution in [0.1, 0.15) is 38.1 Å². The second-order valence-electron chi connectivity index (χ2n) is 4.77.